The number of epoxide rings is 1. The zero-order valence-electron chi connectivity index (χ0n) is 35.2. The molecule has 2 aromatic carbocycles. The number of benzene rings is 2. The first kappa shape index (κ1) is 41.7. The fourth-order valence-corrected chi connectivity index (χ4v) is 9.58. The van der Waals surface area contributed by atoms with Gasteiger partial charge in [0.05, 0.1) is 24.5 Å². The van der Waals surface area contributed by atoms with Crippen LogP contribution in [0.15, 0.2) is 47.1 Å². The van der Waals surface area contributed by atoms with E-state index in [0.717, 1.165) is 64.7 Å². The number of furan rings is 1. The minimum Gasteiger partial charge on any atom is -0.488 e. The van der Waals surface area contributed by atoms with Crippen LogP contribution in [0.2, 0.25) is 36.3 Å². The minimum atomic E-state index is -2.24. The predicted molar refractivity (Wildman–Crippen MR) is 220 cm³/mol. The molecule has 294 valence electrons. The molecule has 3 heterocycles. The van der Waals surface area contributed by atoms with Crippen LogP contribution in [0.4, 0.5) is 0 Å². The second-order valence-electron chi connectivity index (χ2n) is 19.1. The molecular formula is C44H68O7Si2. The van der Waals surface area contributed by atoms with Crippen LogP contribution in [-0.4, -0.2) is 46.5 Å². The van der Waals surface area contributed by atoms with E-state index in [1.54, 1.807) is 0 Å². The molecule has 2 fully saturated rings. The molecule has 1 unspecified atom stereocenters. The van der Waals surface area contributed by atoms with Gasteiger partial charge in [-0.2, -0.15) is 0 Å². The summed E-state index contributed by atoms with van der Waals surface area (Å²) < 4.78 is 40.1. The van der Waals surface area contributed by atoms with Gasteiger partial charge in [-0.3, -0.25) is 0 Å². The van der Waals surface area contributed by atoms with Crippen molar-refractivity contribution in [2.75, 3.05) is 0 Å². The number of carbonyl (C=O) groups excluding carboxylic acids is 1. The number of hydrogen-bond acceptors (Lipinski definition) is 7. The Labute approximate surface area is 322 Å². The van der Waals surface area contributed by atoms with Gasteiger partial charge in [-0.1, -0.05) is 106 Å². The van der Waals surface area contributed by atoms with E-state index in [2.05, 4.69) is 114 Å². The lowest BCUT2D eigenvalue weighted by atomic mass is 9.81. The number of rotatable bonds is 15. The number of esters is 1. The molecule has 2 saturated heterocycles. The lowest BCUT2D eigenvalue weighted by molar-refractivity contribution is -0.173. The van der Waals surface area contributed by atoms with Gasteiger partial charge >= 0.3 is 5.97 Å². The van der Waals surface area contributed by atoms with Crippen LogP contribution in [-0.2, 0) is 42.8 Å². The molecule has 0 N–H and O–H groups in total. The van der Waals surface area contributed by atoms with Gasteiger partial charge in [0.25, 0.3) is 0 Å². The molecule has 0 saturated carbocycles. The van der Waals surface area contributed by atoms with Crippen LogP contribution in [0.25, 0.3) is 11.0 Å². The summed E-state index contributed by atoms with van der Waals surface area (Å²) in [5.74, 6) is 0.895. The molecule has 7 nitrogen and oxygen atoms in total. The Hall–Kier alpha value is -2.44. The first-order valence-corrected chi connectivity index (χ1v) is 25.9. The van der Waals surface area contributed by atoms with Crippen molar-refractivity contribution < 1.29 is 32.3 Å². The Morgan fingerprint density at radius 3 is 2.17 bits per heavy atom. The van der Waals surface area contributed by atoms with Gasteiger partial charge in [0.1, 0.15) is 30.1 Å². The number of cyclic esters (lactones) is 1. The summed E-state index contributed by atoms with van der Waals surface area (Å²) >= 11 is 0. The molecule has 1 spiro atoms. The highest BCUT2D eigenvalue weighted by atomic mass is 28.4. The van der Waals surface area contributed by atoms with E-state index in [1.807, 2.05) is 24.5 Å². The Bertz CT molecular complexity index is 1720. The highest BCUT2D eigenvalue weighted by molar-refractivity contribution is 6.74. The van der Waals surface area contributed by atoms with Crippen molar-refractivity contribution in [1.29, 1.82) is 0 Å². The largest absolute Gasteiger partial charge is 0.488 e. The fraction of sp³-hybridized carbons (Fsp3) is 0.659. The standard InChI is InChI=1S/C44H68O7Si2/c1-15-20-32(36-25-38(51-53(13,14)43(8,9)10)44(41(45)49-36)37(16-2)50-44)34-27-47-40-33(34)24-31(23-29(3)4)39(46-26-30-21-18-17-19-22-30)35(40)28-48-52(11,12)42(5,6)7/h17-19,21-22,24,27,29,32,36-38H,15-16,20,23,25-26,28H2,1-14H3/t32-,36-,37+,38?,44-/m1/s1. The zero-order valence-corrected chi connectivity index (χ0v) is 37.2. The molecule has 2 aliphatic rings. The molecule has 5 atom stereocenters. The fourth-order valence-electron chi connectivity index (χ4n) is 7.30. The van der Waals surface area contributed by atoms with Gasteiger partial charge in [-0.25, -0.2) is 4.79 Å². The van der Waals surface area contributed by atoms with Crippen molar-refractivity contribution in [3.05, 3.63) is 64.9 Å². The van der Waals surface area contributed by atoms with Crippen molar-refractivity contribution in [3.8, 4) is 5.75 Å². The first-order chi connectivity index (χ1) is 24.7. The van der Waals surface area contributed by atoms with Crippen molar-refractivity contribution >= 4 is 33.6 Å². The average molecular weight is 765 g/mol. The van der Waals surface area contributed by atoms with Gasteiger partial charge in [0.15, 0.2) is 16.6 Å². The van der Waals surface area contributed by atoms with Gasteiger partial charge in [-0.15, -0.1) is 0 Å². The molecule has 0 radical (unpaired) electrons. The number of hydrogen-bond donors (Lipinski definition) is 0. The van der Waals surface area contributed by atoms with Crippen molar-refractivity contribution in [2.24, 2.45) is 5.92 Å². The number of fused-ring (bicyclic) bond motifs is 1. The number of ether oxygens (including phenoxy) is 3. The average Bonchev–Trinajstić information content (AvgIpc) is 3.66. The highest BCUT2D eigenvalue weighted by Crippen LogP contribution is 2.53. The third kappa shape index (κ3) is 8.54. The Balaban J connectivity index is 1.61. The Morgan fingerprint density at radius 1 is 0.943 bits per heavy atom. The quantitative estimate of drug-likeness (QED) is 0.0866. The van der Waals surface area contributed by atoms with E-state index < -0.39 is 22.2 Å². The van der Waals surface area contributed by atoms with E-state index in [0.29, 0.717) is 25.6 Å². The Morgan fingerprint density at radius 2 is 1.60 bits per heavy atom. The molecule has 2 aliphatic heterocycles. The van der Waals surface area contributed by atoms with Crippen LogP contribution < -0.4 is 4.74 Å². The lowest BCUT2D eigenvalue weighted by Gasteiger charge is -2.44. The van der Waals surface area contributed by atoms with Crippen LogP contribution in [0.5, 0.6) is 5.75 Å². The number of carbonyl (C=O) groups is 1. The lowest BCUT2D eigenvalue weighted by Crippen LogP contribution is -2.57. The third-order valence-electron chi connectivity index (χ3n) is 12.6. The molecule has 3 aromatic rings. The second kappa shape index (κ2) is 15.6. The van der Waals surface area contributed by atoms with Crippen molar-refractivity contribution in [2.45, 2.75) is 181 Å². The van der Waals surface area contributed by atoms with E-state index in [1.165, 1.54) is 0 Å². The van der Waals surface area contributed by atoms with Gasteiger partial charge in [-0.05, 0) is 78.6 Å². The molecule has 0 amide bonds. The predicted octanol–water partition coefficient (Wildman–Crippen LogP) is 11.9. The molecule has 0 bridgehead atoms. The Kier molecular flexibility index (Phi) is 12.3. The third-order valence-corrected chi connectivity index (χ3v) is 21.5. The summed E-state index contributed by atoms with van der Waals surface area (Å²) in [5.41, 5.74) is 4.05. The summed E-state index contributed by atoms with van der Waals surface area (Å²) in [4.78, 5) is 14.1. The molecular weight excluding hydrogens is 697 g/mol. The SMILES string of the molecule is CCC[C@H](c1coc2c(CO[Si](C)(C)C(C)(C)C)c(OCc3ccccc3)c(CC(C)C)cc12)[C@H]1CC(O[Si](C)(C)C(C)(C)C)[C@@]2(O[C@H]2CC)C(=O)O1. The molecule has 1 aromatic heterocycles. The van der Waals surface area contributed by atoms with Crippen molar-refractivity contribution in [3.63, 3.8) is 0 Å². The smallest absolute Gasteiger partial charge is 0.344 e. The van der Waals surface area contributed by atoms with Gasteiger partial charge in [0.2, 0.25) is 5.60 Å². The summed E-state index contributed by atoms with van der Waals surface area (Å²) in [7, 11) is -4.38. The first-order valence-electron chi connectivity index (χ1n) is 20.1. The normalized spacial score (nSPS) is 23.2. The summed E-state index contributed by atoms with van der Waals surface area (Å²) in [6.07, 6.45) is 4.93. The minimum absolute atomic E-state index is 0.0127. The van der Waals surface area contributed by atoms with Crippen LogP contribution in [0.1, 0.15) is 123 Å². The topological polar surface area (TPSA) is 79.7 Å². The van der Waals surface area contributed by atoms with E-state index in [9.17, 15) is 4.79 Å². The summed E-state index contributed by atoms with van der Waals surface area (Å²) in [5, 5.41) is 1.08. The van der Waals surface area contributed by atoms with Gasteiger partial charge in [0, 0.05) is 23.3 Å². The molecule has 0 aliphatic carbocycles. The van der Waals surface area contributed by atoms with E-state index >= 15 is 0 Å². The van der Waals surface area contributed by atoms with E-state index in [-0.39, 0.29) is 40.3 Å². The zero-order chi connectivity index (χ0) is 39.1. The maximum Gasteiger partial charge on any atom is 0.344 e. The van der Waals surface area contributed by atoms with Crippen LogP contribution in [0, 0.1) is 5.92 Å². The second-order valence-corrected chi connectivity index (χ2v) is 28.6. The summed E-state index contributed by atoms with van der Waals surface area (Å²) in [6, 6.07) is 12.6. The molecule has 53 heavy (non-hydrogen) atoms. The van der Waals surface area contributed by atoms with Crippen molar-refractivity contribution in [1.82, 2.24) is 0 Å². The maximum absolute atomic E-state index is 14.1. The highest BCUT2D eigenvalue weighted by Gasteiger charge is 2.71. The summed E-state index contributed by atoms with van der Waals surface area (Å²) in [6.45, 7) is 32.2. The molecule has 9 heteroatoms. The van der Waals surface area contributed by atoms with Crippen LogP contribution >= 0.6 is 0 Å². The molecule has 5 rings (SSSR count). The van der Waals surface area contributed by atoms with Crippen LogP contribution in [0.3, 0.4) is 0 Å². The van der Waals surface area contributed by atoms with Gasteiger partial charge < -0.3 is 27.5 Å². The monoisotopic (exact) mass is 764 g/mol. The van der Waals surface area contributed by atoms with E-state index in [4.69, 9.17) is 27.5 Å². The maximum atomic E-state index is 14.1.